The third-order valence-corrected chi connectivity index (χ3v) is 5.53. The molecule has 1 heterocycles. The van der Waals surface area contributed by atoms with Gasteiger partial charge in [0.25, 0.3) is 0 Å². The summed E-state index contributed by atoms with van der Waals surface area (Å²) in [6, 6.07) is -1.16. The van der Waals surface area contributed by atoms with Gasteiger partial charge in [-0.15, -0.1) is 0 Å². The molecule has 3 rings (SSSR count). The molecule has 0 aromatic rings. The highest BCUT2D eigenvalue weighted by molar-refractivity contribution is 5.83. The first kappa shape index (κ1) is 14.6. The Labute approximate surface area is 124 Å². The number of aliphatic carboxylic acids is 1. The molecule has 0 spiro atoms. The summed E-state index contributed by atoms with van der Waals surface area (Å²) in [7, 11) is 1.75. The number of hydrogen-bond donors (Lipinski definition) is 2. The van der Waals surface area contributed by atoms with E-state index in [0.717, 1.165) is 11.8 Å². The minimum absolute atomic E-state index is 0.122. The molecule has 6 nitrogen and oxygen atoms in total. The molecule has 0 aromatic heterocycles. The van der Waals surface area contributed by atoms with E-state index in [1.165, 1.54) is 30.6 Å². The molecule has 118 valence electrons. The fourth-order valence-electron chi connectivity index (χ4n) is 4.51. The molecular formula is C15H24N2O4. The molecule has 21 heavy (non-hydrogen) atoms. The number of aliphatic hydroxyl groups excluding tert-OH is 1. The number of fused-ring (bicyclic) bond motifs is 2. The topological polar surface area (TPSA) is 81.1 Å². The Balaban J connectivity index is 1.60. The summed E-state index contributed by atoms with van der Waals surface area (Å²) >= 11 is 0. The van der Waals surface area contributed by atoms with Crippen molar-refractivity contribution < 1.29 is 19.8 Å². The van der Waals surface area contributed by atoms with Gasteiger partial charge in [0.1, 0.15) is 6.04 Å². The fourth-order valence-corrected chi connectivity index (χ4v) is 4.51. The van der Waals surface area contributed by atoms with Gasteiger partial charge in [0.2, 0.25) is 0 Å². The second-order valence-corrected chi connectivity index (χ2v) is 6.99. The van der Waals surface area contributed by atoms with Crippen LogP contribution in [-0.4, -0.2) is 64.3 Å². The van der Waals surface area contributed by atoms with Crippen molar-refractivity contribution in [1.29, 1.82) is 0 Å². The van der Waals surface area contributed by atoms with E-state index in [-0.39, 0.29) is 19.0 Å². The van der Waals surface area contributed by atoms with Crippen LogP contribution in [0.15, 0.2) is 0 Å². The summed E-state index contributed by atoms with van der Waals surface area (Å²) in [6.45, 7) is 0.829. The summed E-state index contributed by atoms with van der Waals surface area (Å²) in [5.41, 5.74) is 0. The number of carbonyl (C=O) groups is 2. The average Bonchev–Trinajstić information content (AvgIpc) is 3.12. The number of aliphatic hydroxyl groups is 1. The van der Waals surface area contributed by atoms with Crippen LogP contribution in [0.25, 0.3) is 0 Å². The highest BCUT2D eigenvalue weighted by Crippen LogP contribution is 2.48. The van der Waals surface area contributed by atoms with E-state index in [9.17, 15) is 19.8 Å². The highest BCUT2D eigenvalue weighted by atomic mass is 16.4. The molecule has 1 aliphatic heterocycles. The Morgan fingerprint density at radius 2 is 2.00 bits per heavy atom. The third kappa shape index (κ3) is 2.73. The van der Waals surface area contributed by atoms with Crippen molar-refractivity contribution in [3.63, 3.8) is 0 Å². The highest BCUT2D eigenvalue weighted by Gasteiger charge is 2.43. The van der Waals surface area contributed by atoms with Crippen molar-refractivity contribution in [2.24, 2.45) is 17.8 Å². The van der Waals surface area contributed by atoms with Crippen molar-refractivity contribution >= 4 is 12.0 Å². The zero-order valence-corrected chi connectivity index (χ0v) is 12.4. The maximum atomic E-state index is 12.5. The molecule has 2 N–H and O–H groups in total. The van der Waals surface area contributed by atoms with Crippen molar-refractivity contribution in [1.82, 2.24) is 9.80 Å². The zero-order valence-electron chi connectivity index (χ0n) is 12.4. The standard InChI is InChI=1S/C15H24N2O4/c1-16(7-11-5-9-2-3-10(11)4-9)15(21)17-8-12(18)6-13(17)14(19)20/h9-13,18H,2-8H2,1H3,(H,19,20)/t9?,10?,11?,12-,13-/m1/s1. The van der Waals surface area contributed by atoms with Crippen LogP contribution < -0.4 is 0 Å². The van der Waals surface area contributed by atoms with Crippen molar-refractivity contribution in [2.75, 3.05) is 20.1 Å². The van der Waals surface area contributed by atoms with Crippen molar-refractivity contribution in [3.8, 4) is 0 Å². The van der Waals surface area contributed by atoms with Gasteiger partial charge in [0, 0.05) is 26.6 Å². The number of β-amino-alcohol motifs (C(OH)–C–C–N with tert-alkyl or cyclic N) is 1. The summed E-state index contributed by atoms with van der Waals surface area (Å²) < 4.78 is 0. The van der Waals surface area contributed by atoms with Crippen LogP contribution in [0, 0.1) is 17.8 Å². The van der Waals surface area contributed by atoms with Gasteiger partial charge in [-0.1, -0.05) is 6.42 Å². The lowest BCUT2D eigenvalue weighted by Gasteiger charge is -2.31. The number of nitrogens with zero attached hydrogens (tertiary/aromatic N) is 2. The number of carboxylic acid groups (broad SMARTS) is 1. The monoisotopic (exact) mass is 296 g/mol. The van der Waals surface area contributed by atoms with E-state index in [2.05, 4.69) is 0 Å². The van der Waals surface area contributed by atoms with E-state index in [0.29, 0.717) is 12.5 Å². The summed E-state index contributed by atoms with van der Waals surface area (Å²) in [4.78, 5) is 26.6. The normalized spacial score (nSPS) is 38.0. The molecule has 2 bridgehead atoms. The van der Waals surface area contributed by atoms with E-state index in [1.807, 2.05) is 0 Å². The molecule has 2 aliphatic carbocycles. The Bertz CT molecular complexity index is 441. The van der Waals surface area contributed by atoms with Crippen molar-refractivity contribution in [3.05, 3.63) is 0 Å². The average molecular weight is 296 g/mol. The molecular weight excluding hydrogens is 272 g/mol. The van der Waals surface area contributed by atoms with Crippen LogP contribution >= 0.6 is 0 Å². The molecule has 2 saturated carbocycles. The second-order valence-electron chi connectivity index (χ2n) is 6.99. The maximum absolute atomic E-state index is 12.5. The van der Waals surface area contributed by atoms with E-state index in [4.69, 9.17) is 0 Å². The van der Waals surface area contributed by atoms with E-state index in [1.54, 1.807) is 11.9 Å². The first-order valence-corrected chi connectivity index (χ1v) is 7.88. The van der Waals surface area contributed by atoms with E-state index < -0.39 is 18.1 Å². The first-order valence-electron chi connectivity index (χ1n) is 7.88. The van der Waals surface area contributed by atoms with Crippen LogP contribution in [0.4, 0.5) is 4.79 Å². The minimum atomic E-state index is -1.03. The van der Waals surface area contributed by atoms with Gasteiger partial charge in [-0.3, -0.25) is 0 Å². The fraction of sp³-hybridized carbons (Fsp3) is 0.867. The Morgan fingerprint density at radius 1 is 1.24 bits per heavy atom. The molecule has 6 heteroatoms. The van der Waals surface area contributed by atoms with Crippen LogP contribution in [0.5, 0.6) is 0 Å². The number of likely N-dealkylation sites (tertiary alicyclic amines) is 1. The number of urea groups is 1. The Kier molecular flexibility index (Phi) is 3.82. The van der Waals surface area contributed by atoms with Gasteiger partial charge >= 0.3 is 12.0 Å². The molecule has 3 aliphatic rings. The number of amides is 2. The molecule has 0 aromatic carbocycles. The largest absolute Gasteiger partial charge is 0.480 e. The molecule has 3 unspecified atom stereocenters. The number of carbonyl (C=O) groups excluding carboxylic acids is 1. The van der Waals surface area contributed by atoms with Gasteiger partial charge in [0.05, 0.1) is 6.10 Å². The lowest BCUT2D eigenvalue weighted by molar-refractivity contribution is -0.141. The quantitative estimate of drug-likeness (QED) is 0.814. The molecule has 5 atom stereocenters. The third-order valence-electron chi connectivity index (χ3n) is 5.53. The molecule has 3 fully saturated rings. The summed E-state index contributed by atoms with van der Waals surface area (Å²) in [5, 5.41) is 18.8. The van der Waals surface area contributed by atoms with Crippen LogP contribution in [0.3, 0.4) is 0 Å². The van der Waals surface area contributed by atoms with Crippen LogP contribution in [-0.2, 0) is 4.79 Å². The van der Waals surface area contributed by atoms with E-state index >= 15 is 0 Å². The van der Waals surface area contributed by atoms with Gasteiger partial charge < -0.3 is 20.0 Å². The molecule has 2 amide bonds. The maximum Gasteiger partial charge on any atom is 0.326 e. The lowest BCUT2D eigenvalue weighted by atomic mass is 9.88. The van der Waals surface area contributed by atoms with Gasteiger partial charge in [-0.05, 0) is 37.0 Å². The first-order chi connectivity index (χ1) is 9.95. The Morgan fingerprint density at radius 3 is 2.57 bits per heavy atom. The number of hydrogen-bond acceptors (Lipinski definition) is 3. The van der Waals surface area contributed by atoms with Crippen molar-refractivity contribution in [2.45, 2.75) is 44.2 Å². The Hall–Kier alpha value is -1.30. The SMILES string of the molecule is CN(CC1CC2CCC1C2)C(=O)N1C[C@H](O)C[C@@H]1C(=O)O. The van der Waals surface area contributed by atoms with Crippen LogP contribution in [0.1, 0.15) is 32.1 Å². The van der Waals surface area contributed by atoms with Gasteiger partial charge in [-0.25, -0.2) is 9.59 Å². The summed E-state index contributed by atoms with van der Waals surface area (Å²) in [6.07, 6.45) is 4.50. The van der Waals surface area contributed by atoms with Gasteiger partial charge in [0.15, 0.2) is 0 Å². The smallest absolute Gasteiger partial charge is 0.326 e. The zero-order chi connectivity index (χ0) is 15.1. The number of carboxylic acids is 1. The molecule has 0 radical (unpaired) electrons. The predicted molar refractivity (Wildman–Crippen MR) is 75.7 cm³/mol. The number of rotatable bonds is 3. The van der Waals surface area contributed by atoms with Crippen LogP contribution in [0.2, 0.25) is 0 Å². The predicted octanol–water partition coefficient (Wildman–Crippen LogP) is 0.994. The van der Waals surface area contributed by atoms with Gasteiger partial charge in [-0.2, -0.15) is 0 Å². The second kappa shape index (κ2) is 5.48. The molecule has 1 saturated heterocycles. The lowest BCUT2D eigenvalue weighted by Crippen LogP contribution is -2.48. The minimum Gasteiger partial charge on any atom is -0.480 e. The summed E-state index contributed by atoms with van der Waals surface area (Å²) in [5.74, 6) is 1.11.